The van der Waals surface area contributed by atoms with Crippen molar-refractivity contribution >= 4 is 16.0 Å². The maximum atomic E-state index is 11.7. The van der Waals surface area contributed by atoms with Crippen LogP contribution in [0.1, 0.15) is 26.2 Å². The summed E-state index contributed by atoms with van der Waals surface area (Å²) < 4.78 is 35.7. The van der Waals surface area contributed by atoms with E-state index in [4.69, 9.17) is 4.74 Å². The molecule has 0 saturated carbocycles. The molecule has 0 radical (unpaired) electrons. The number of ether oxygens (including phenoxy) is 2. The van der Waals surface area contributed by atoms with E-state index >= 15 is 0 Å². The fraction of sp³-hybridized carbons (Fsp3) is 0.900. The van der Waals surface area contributed by atoms with E-state index < -0.39 is 21.5 Å². The molecule has 17 heavy (non-hydrogen) atoms. The van der Waals surface area contributed by atoms with Gasteiger partial charge in [-0.1, -0.05) is 0 Å². The Morgan fingerprint density at radius 3 is 2.76 bits per heavy atom. The van der Waals surface area contributed by atoms with Gasteiger partial charge in [0.25, 0.3) is 0 Å². The van der Waals surface area contributed by atoms with Crippen LogP contribution in [0.25, 0.3) is 0 Å². The van der Waals surface area contributed by atoms with Crippen molar-refractivity contribution in [3.8, 4) is 0 Å². The summed E-state index contributed by atoms with van der Waals surface area (Å²) in [6.45, 7) is 2.78. The molecule has 0 bridgehead atoms. The van der Waals surface area contributed by atoms with Crippen LogP contribution in [-0.2, 0) is 24.3 Å². The van der Waals surface area contributed by atoms with Crippen LogP contribution < -0.4 is 4.72 Å². The molecule has 0 spiro atoms. The van der Waals surface area contributed by atoms with Crippen molar-refractivity contribution < 1.29 is 22.7 Å². The monoisotopic (exact) mass is 265 g/mol. The second-order valence-corrected chi connectivity index (χ2v) is 6.31. The van der Waals surface area contributed by atoms with E-state index in [2.05, 4.69) is 9.46 Å². The van der Waals surface area contributed by atoms with Crippen molar-refractivity contribution in [3.63, 3.8) is 0 Å². The fourth-order valence-electron chi connectivity index (χ4n) is 1.68. The number of esters is 1. The van der Waals surface area contributed by atoms with E-state index in [1.54, 1.807) is 0 Å². The van der Waals surface area contributed by atoms with Gasteiger partial charge in [-0.15, -0.1) is 0 Å². The lowest BCUT2D eigenvalue weighted by Gasteiger charge is -2.23. The van der Waals surface area contributed by atoms with Crippen molar-refractivity contribution in [1.29, 1.82) is 0 Å². The molecule has 0 aromatic carbocycles. The first-order valence-corrected chi connectivity index (χ1v) is 7.18. The lowest BCUT2D eigenvalue weighted by molar-refractivity contribution is -0.140. The van der Waals surface area contributed by atoms with Crippen LogP contribution in [0, 0.1) is 0 Å². The topological polar surface area (TPSA) is 81.7 Å². The molecule has 0 aliphatic carbocycles. The highest BCUT2D eigenvalue weighted by atomic mass is 32.2. The highest BCUT2D eigenvalue weighted by molar-refractivity contribution is 7.89. The van der Waals surface area contributed by atoms with Gasteiger partial charge in [-0.2, -0.15) is 0 Å². The highest BCUT2D eigenvalue weighted by Gasteiger charge is 2.33. The minimum atomic E-state index is -3.37. The molecule has 1 rings (SSSR count). The van der Waals surface area contributed by atoms with Crippen LogP contribution in [-0.4, -0.2) is 46.0 Å². The molecule has 1 aliphatic rings. The predicted octanol–water partition coefficient (Wildman–Crippen LogP) is 0.0380. The van der Waals surface area contributed by atoms with E-state index in [9.17, 15) is 13.2 Å². The molecule has 1 aliphatic heterocycles. The van der Waals surface area contributed by atoms with Gasteiger partial charge in [0.2, 0.25) is 10.0 Å². The summed E-state index contributed by atoms with van der Waals surface area (Å²) in [6.07, 6.45) is 1.05. The van der Waals surface area contributed by atoms with Gasteiger partial charge in [0, 0.05) is 13.0 Å². The fourth-order valence-corrected chi connectivity index (χ4v) is 3.22. The molecular weight excluding hydrogens is 246 g/mol. The van der Waals surface area contributed by atoms with E-state index in [-0.39, 0.29) is 18.6 Å². The van der Waals surface area contributed by atoms with Gasteiger partial charge in [0.1, 0.15) is 0 Å². The van der Waals surface area contributed by atoms with Gasteiger partial charge in [-0.3, -0.25) is 4.79 Å². The molecular formula is C10H19NO5S. The smallest absolute Gasteiger partial charge is 0.305 e. The van der Waals surface area contributed by atoms with Crippen molar-refractivity contribution in [3.05, 3.63) is 0 Å². The summed E-state index contributed by atoms with van der Waals surface area (Å²) in [4.78, 5) is 10.8. The van der Waals surface area contributed by atoms with Crippen LogP contribution in [0.3, 0.4) is 0 Å². The third-order valence-corrected chi connectivity index (χ3v) is 4.27. The molecule has 7 heteroatoms. The summed E-state index contributed by atoms with van der Waals surface area (Å²) in [6, 6.07) is 0. The summed E-state index contributed by atoms with van der Waals surface area (Å²) in [5, 5.41) is 0. The Labute approximate surface area is 102 Å². The zero-order valence-electron chi connectivity index (χ0n) is 10.2. The Hall–Kier alpha value is -0.660. The maximum absolute atomic E-state index is 11.7. The van der Waals surface area contributed by atoms with Gasteiger partial charge < -0.3 is 9.47 Å². The van der Waals surface area contributed by atoms with Gasteiger partial charge in [0.15, 0.2) is 0 Å². The Balaban J connectivity index is 2.38. The number of nitrogens with one attached hydrogen (secondary N) is 1. The summed E-state index contributed by atoms with van der Waals surface area (Å²) in [5.74, 6) is -0.465. The summed E-state index contributed by atoms with van der Waals surface area (Å²) in [5.41, 5.74) is -0.510. The quantitative estimate of drug-likeness (QED) is 0.686. The predicted molar refractivity (Wildman–Crippen MR) is 62.0 cm³/mol. The van der Waals surface area contributed by atoms with Gasteiger partial charge in [-0.25, -0.2) is 13.1 Å². The third-order valence-electron chi connectivity index (χ3n) is 2.64. The van der Waals surface area contributed by atoms with Crippen LogP contribution in [0.15, 0.2) is 0 Å². The van der Waals surface area contributed by atoms with Crippen molar-refractivity contribution in [2.75, 3.05) is 26.1 Å². The highest BCUT2D eigenvalue weighted by Crippen LogP contribution is 2.18. The van der Waals surface area contributed by atoms with Gasteiger partial charge in [0.05, 0.1) is 25.0 Å². The lowest BCUT2D eigenvalue weighted by Crippen LogP contribution is -2.47. The molecule has 1 heterocycles. The number of rotatable bonds is 6. The van der Waals surface area contributed by atoms with Crippen LogP contribution >= 0.6 is 0 Å². The first-order chi connectivity index (χ1) is 7.87. The van der Waals surface area contributed by atoms with E-state index in [1.807, 2.05) is 6.92 Å². The molecule has 0 aromatic rings. The van der Waals surface area contributed by atoms with Crippen molar-refractivity contribution in [1.82, 2.24) is 4.72 Å². The third kappa shape index (κ3) is 5.01. The molecule has 1 unspecified atom stereocenters. The minimum Gasteiger partial charge on any atom is -0.469 e. The zero-order valence-corrected chi connectivity index (χ0v) is 11.0. The number of carbonyl (C=O) groups excluding carboxylic acids is 1. The van der Waals surface area contributed by atoms with Crippen LogP contribution in [0.2, 0.25) is 0 Å². The second kappa shape index (κ2) is 5.79. The standard InChI is InChI=1S/C10H19NO5S/c1-10(5-6-16-8-10)11-17(13,14)7-3-4-9(12)15-2/h11H,3-8H2,1-2H3. The van der Waals surface area contributed by atoms with E-state index in [0.717, 1.165) is 0 Å². The molecule has 1 atom stereocenters. The summed E-state index contributed by atoms with van der Waals surface area (Å²) >= 11 is 0. The Morgan fingerprint density at radius 2 is 2.24 bits per heavy atom. The molecule has 100 valence electrons. The molecule has 1 fully saturated rings. The van der Waals surface area contributed by atoms with Crippen LogP contribution in [0.4, 0.5) is 0 Å². The summed E-state index contributed by atoms with van der Waals surface area (Å²) in [7, 11) is -2.08. The maximum Gasteiger partial charge on any atom is 0.305 e. The van der Waals surface area contributed by atoms with E-state index in [0.29, 0.717) is 19.6 Å². The number of hydrogen-bond donors (Lipinski definition) is 1. The van der Waals surface area contributed by atoms with Crippen molar-refractivity contribution in [2.45, 2.75) is 31.7 Å². The van der Waals surface area contributed by atoms with Gasteiger partial charge in [-0.05, 0) is 19.8 Å². The first-order valence-electron chi connectivity index (χ1n) is 5.53. The molecule has 1 N–H and O–H groups in total. The number of carbonyl (C=O) groups is 1. The zero-order chi connectivity index (χ0) is 12.9. The van der Waals surface area contributed by atoms with Gasteiger partial charge >= 0.3 is 5.97 Å². The van der Waals surface area contributed by atoms with E-state index in [1.165, 1.54) is 7.11 Å². The number of methoxy groups -OCH3 is 1. The molecule has 0 aromatic heterocycles. The van der Waals surface area contributed by atoms with Crippen LogP contribution in [0.5, 0.6) is 0 Å². The molecule has 6 nitrogen and oxygen atoms in total. The SMILES string of the molecule is COC(=O)CCCS(=O)(=O)NC1(C)CCOC1. The first kappa shape index (κ1) is 14.4. The molecule has 0 amide bonds. The largest absolute Gasteiger partial charge is 0.469 e. The lowest BCUT2D eigenvalue weighted by atomic mass is 10.0. The Kier molecular flexibility index (Phi) is 4.91. The average Bonchev–Trinajstić information content (AvgIpc) is 2.63. The normalized spacial score (nSPS) is 24.8. The second-order valence-electron chi connectivity index (χ2n) is 4.46. The van der Waals surface area contributed by atoms with Crippen molar-refractivity contribution in [2.24, 2.45) is 0 Å². The Morgan fingerprint density at radius 1 is 1.53 bits per heavy atom. The number of hydrogen-bond acceptors (Lipinski definition) is 5. The Bertz CT molecular complexity index is 359. The average molecular weight is 265 g/mol. The molecule has 1 saturated heterocycles. The number of sulfonamides is 1. The minimum absolute atomic E-state index is 0.0717.